The van der Waals surface area contributed by atoms with E-state index in [0.717, 1.165) is 40.6 Å². The number of phenols is 1. The van der Waals surface area contributed by atoms with E-state index in [1.165, 1.54) is 51.6 Å². The van der Waals surface area contributed by atoms with Crippen molar-refractivity contribution < 1.29 is 9.84 Å². The Labute approximate surface area is 238 Å². The predicted octanol–water partition coefficient (Wildman–Crippen LogP) is 5.15. The number of ether oxygens (including phenoxy) is 1. The van der Waals surface area contributed by atoms with Gasteiger partial charge in [-0.2, -0.15) is 4.98 Å². The maximum Gasteiger partial charge on any atom is 0.217 e. The molecule has 4 aliphatic heterocycles. The fourth-order valence-corrected chi connectivity index (χ4v) is 7.90. The topological polar surface area (TPSA) is 86.6 Å². The van der Waals surface area contributed by atoms with Gasteiger partial charge in [-0.25, -0.2) is 9.97 Å². The number of rotatable bonds is 5. The second-order valence-corrected chi connectivity index (χ2v) is 12.4. The zero-order chi connectivity index (χ0) is 26.8. The van der Waals surface area contributed by atoms with E-state index in [9.17, 15) is 5.11 Å². The number of nitrogens with one attached hydrogen (secondary N) is 1. The summed E-state index contributed by atoms with van der Waals surface area (Å²) in [5, 5.41) is 17.4. The molecule has 0 amide bonds. The van der Waals surface area contributed by atoms with Crippen molar-refractivity contribution >= 4 is 39.1 Å². The van der Waals surface area contributed by atoms with Crippen LogP contribution in [-0.2, 0) is 0 Å². The minimum absolute atomic E-state index is 0.138. The summed E-state index contributed by atoms with van der Waals surface area (Å²) < 4.78 is 6.54. The van der Waals surface area contributed by atoms with Gasteiger partial charge in [0.2, 0.25) is 5.88 Å². The first kappa shape index (κ1) is 24.6. The fourth-order valence-electron chi connectivity index (χ4n) is 7.62. The highest BCUT2D eigenvalue weighted by atomic mass is 35.5. The lowest BCUT2D eigenvalue weighted by Crippen LogP contribution is -2.51. The Morgan fingerprint density at radius 2 is 1.85 bits per heavy atom. The number of pyridine rings is 1. The molecule has 0 radical (unpaired) electrons. The van der Waals surface area contributed by atoms with E-state index in [1.807, 2.05) is 30.5 Å². The number of hydrogen-bond donors (Lipinski definition) is 2. The number of fused-ring (bicyclic) bond motifs is 5. The third-order valence-electron chi connectivity index (χ3n) is 9.50. The van der Waals surface area contributed by atoms with E-state index in [2.05, 4.69) is 15.1 Å². The average Bonchev–Trinajstić information content (AvgIpc) is 3.64. The van der Waals surface area contributed by atoms with Gasteiger partial charge in [0.15, 0.2) is 5.82 Å². The van der Waals surface area contributed by atoms with Crippen LogP contribution in [0.4, 0.5) is 5.82 Å². The Balaban J connectivity index is 1.23. The molecule has 4 saturated heterocycles. The second kappa shape index (κ2) is 9.43. The van der Waals surface area contributed by atoms with E-state index in [4.69, 9.17) is 31.3 Å². The fraction of sp³-hybridized carbons (Fsp3) is 0.452. The van der Waals surface area contributed by atoms with Gasteiger partial charge in [-0.15, -0.1) is 0 Å². The van der Waals surface area contributed by atoms with Gasteiger partial charge >= 0.3 is 0 Å². The molecular formula is C31H33ClN6O2. The Morgan fingerprint density at radius 3 is 2.65 bits per heavy atom. The number of aromatic hydroxyl groups is 1. The highest BCUT2D eigenvalue weighted by molar-refractivity contribution is 6.36. The van der Waals surface area contributed by atoms with Gasteiger partial charge in [0.25, 0.3) is 0 Å². The van der Waals surface area contributed by atoms with E-state index in [1.54, 1.807) is 12.1 Å². The zero-order valence-corrected chi connectivity index (χ0v) is 23.2. The second-order valence-electron chi connectivity index (χ2n) is 12.0. The molecule has 0 aliphatic carbocycles. The number of nitrogens with zero attached hydrogens (tertiary/aromatic N) is 5. The Kier molecular flexibility index (Phi) is 5.80. The third kappa shape index (κ3) is 4.07. The van der Waals surface area contributed by atoms with Crippen LogP contribution in [0.2, 0.25) is 5.02 Å². The number of phenolic OH excluding ortho intramolecular Hbond substituents is 1. The van der Waals surface area contributed by atoms with Gasteiger partial charge in [0, 0.05) is 53.4 Å². The molecule has 4 aromatic rings. The van der Waals surface area contributed by atoms with Crippen molar-refractivity contribution in [3.63, 3.8) is 0 Å². The van der Waals surface area contributed by atoms with Crippen LogP contribution in [0.3, 0.4) is 0 Å². The van der Waals surface area contributed by atoms with Crippen LogP contribution >= 0.6 is 11.6 Å². The number of hydrogen-bond acceptors (Lipinski definition) is 8. The smallest absolute Gasteiger partial charge is 0.217 e. The summed E-state index contributed by atoms with van der Waals surface area (Å²) in [5.41, 5.74) is 1.63. The molecule has 40 heavy (non-hydrogen) atoms. The lowest BCUT2D eigenvalue weighted by molar-refractivity contribution is 0.111. The summed E-state index contributed by atoms with van der Waals surface area (Å²) in [6.07, 6.45) is 9.10. The molecule has 2 aromatic carbocycles. The third-order valence-corrected chi connectivity index (χ3v) is 9.82. The van der Waals surface area contributed by atoms with Crippen LogP contribution in [0.1, 0.15) is 38.5 Å². The molecule has 2 unspecified atom stereocenters. The molecule has 0 saturated carbocycles. The quantitative estimate of drug-likeness (QED) is 0.349. The van der Waals surface area contributed by atoms with E-state index >= 15 is 0 Å². The predicted molar refractivity (Wildman–Crippen MR) is 157 cm³/mol. The monoisotopic (exact) mass is 556 g/mol. The van der Waals surface area contributed by atoms with Crippen molar-refractivity contribution in [3.05, 3.63) is 47.6 Å². The lowest BCUT2D eigenvalue weighted by atomic mass is 9.95. The first-order chi connectivity index (χ1) is 19.5. The Bertz CT molecular complexity index is 1610. The molecule has 4 aliphatic rings. The van der Waals surface area contributed by atoms with Crippen LogP contribution in [0, 0.1) is 0 Å². The summed E-state index contributed by atoms with van der Waals surface area (Å²) in [7, 11) is 0. The molecule has 2 atom stereocenters. The Hall–Kier alpha value is -3.20. The lowest BCUT2D eigenvalue weighted by Gasteiger charge is -2.35. The van der Waals surface area contributed by atoms with Crippen molar-refractivity contribution in [1.82, 2.24) is 25.2 Å². The summed E-state index contributed by atoms with van der Waals surface area (Å²) >= 11 is 6.63. The van der Waals surface area contributed by atoms with Crippen molar-refractivity contribution in [1.29, 1.82) is 0 Å². The minimum Gasteiger partial charge on any atom is -0.508 e. The standard InChI is InChI=1S/C31H33ClN6O2/c32-25-5-1-4-19-12-22(39)13-23(28(19)25)29-33-15-24-26(35-29)14-27(40-18-31-8-2-10-38(31)11-3-9-31)36-30(24)37-16-20-6-7-21(17-37)34-20/h1,4-5,12-15,20-21,34,39H,2-3,6-11,16-18H2. The summed E-state index contributed by atoms with van der Waals surface area (Å²) in [6.45, 7) is 4.81. The van der Waals surface area contributed by atoms with Crippen LogP contribution in [0.25, 0.3) is 33.1 Å². The highest BCUT2D eigenvalue weighted by Crippen LogP contribution is 2.40. The largest absolute Gasteiger partial charge is 0.508 e. The summed E-state index contributed by atoms with van der Waals surface area (Å²) in [4.78, 5) is 19.9. The van der Waals surface area contributed by atoms with Gasteiger partial charge < -0.3 is 20.1 Å². The molecule has 8 nitrogen and oxygen atoms in total. The van der Waals surface area contributed by atoms with Gasteiger partial charge in [-0.05, 0) is 75.2 Å². The molecule has 206 valence electrons. The van der Waals surface area contributed by atoms with Crippen molar-refractivity contribution in [2.75, 3.05) is 37.7 Å². The molecule has 9 heteroatoms. The minimum atomic E-state index is 0.138. The first-order valence-electron chi connectivity index (χ1n) is 14.5. The van der Waals surface area contributed by atoms with E-state index in [-0.39, 0.29) is 11.3 Å². The van der Waals surface area contributed by atoms with Crippen molar-refractivity contribution in [2.24, 2.45) is 0 Å². The average molecular weight is 557 g/mol. The summed E-state index contributed by atoms with van der Waals surface area (Å²) in [6, 6.07) is 12.0. The number of benzene rings is 2. The van der Waals surface area contributed by atoms with Gasteiger partial charge in [-0.1, -0.05) is 23.7 Å². The van der Waals surface area contributed by atoms with E-state index in [0.29, 0.717) is 41.0 Å². The van der Waals surface area contributed by atoms with Crippen LogP contribution in [0.5, 0.6) is 11.6 Å². The number of aromatic nitrogens is 3. The SMILES string of the molecule is Oc1cc(-c2ncc3c(N4CC5CCC(C4)N5)nc(OCC45CCCN4CCC5)cc3n2)c2c(Cl)cccc2c1. The Morgan fingerprint density at radius 1 is 1.05 bits per heavy atom. The van der Waals surface area contributed by atoms with Gasteiger partial charge in [-0.3, -0.25) is 4.90 Å². The number of halogens is 1. The number of anilines is 1. The molecule has 6 heterocycles. The summed E-state index contributed by atoms with van der Waals surface area (Å²) in [5.74, 6) is 2.18. The number of piperazine rings is 1. The molecule has 8 rings (SSSR count). The van der Waals surface area contributed by atoms with Gasteiger partial charge in [0.1, 0.15) is 18.2 Å². The molecule has 2 bridgehead atoms. The van der Waals surface area contributed by atoms with Crippen molar-refractivity contribution in [3.8, 4) is 23.0 Å². The maximum absolute atomic E-state index is 10.5. The maximum atomic E-state index is 10.5. The normalized spacial score (nSPS) is 23.8. The van der Waals surface area contributed by atoms with Crippen LogP contribution in [-0.4, -0.2) is 75.4 Å². The molecular weight excluding hydrogens is 524 g/mol. The van der Waals surface area contributed by atoms with Gasteiger partial charge in [0.05, 0.1) is 16.4 Å². The molecule has 4 fully saturated rings. The molecule has 0 spiro atoms. The zero-order valence-electron chi connectivity index (χ0n) is 22.4. The molecule has 2 aromatic heterocycles. The van der Waals surface area contributed by atoms with Crippen molar-refractivity contribution in [2.45, 2.75) is 56.1 Å². The van der Waals surface area contributed by atoms with Crippen LogP contribution < -0.4 is 15.0 Å². The first-order valence-corrected chi connectivity index (χ1v) is 14.9. The van der Waals surface area contributed by atoms with E-state index < -0.39 is 0 Å². The molecule has 2 N–H and O–H groups in total. The van der Waals surface area contributed by atoms with Crippen LogP contribution in [0.15, 0.2) is 42.6 Å². The highest BCUT2D eigenvalue weighted by Gasteiger charge is 2.45.